The second kappa shape index (κ2) is 10.1. The van der Waals surface area contributed by atoms with E-state index in [0.717, 1.165) is 25.7 Å². The molecule has 152 valence electrons. The Hall–Kier alpha value is -2.57. The van der Waals surface area contributed by atoms with Crippen molar-refractivity contribution < 1.29 is 14.4 Å². The van der Waals surface area contributed by atoms with Gasteiger partial charge in [-0.05, 0) is 50.3 Å². The summed E-state index contributed by atoms with van der Waals surface area (Å²) in [6.45, 7) is 0.454. The lowest BCUT2D eigenvalue weighted by atomic mass is 9.96. The standard InChI is InChI=1S/C21H30N4O3/c26-19(10-5-13-22-21(28)25-16-7-2-1-3-8-16)23-18-9-4-6-15(14-18)20(27)24-17-11-12-17/h4,6,9,14,16-17H,1-3,5,7-8,10-13H2,(H,23,26)(H,24,27)(H2,22,25,28). The number of rotatable bonds is 8. The van der Waals surface area contributed by atoms with E-state index in [9.17, 15) is 14.4 Å². The van der Waals surface area contributed by atoms with Crippen molar-refractivity contribution in [3.05, 3.63) is 29.8 Å². The summed E-state index contributed by atoms with van der Waals surface area (Å²) in [5.41, 5.74) is 1.15. The Morgan fingerprint density at radius 3 is 2.43 bits per heavy atom. The highest BCUT2D eigenvalue weighted by Crippen LogP contribution is 2.20. The summed E-state index contributed by atoms with van der Waals surface area (Å²) in [6.07, 6.45) is 8.64. The summed E-state index contributed by atoms with van der Waals surface area (Å²) in [5, 5.41) is 11.6. The highest BCUT2D eigenvalue weighted by molar-refractivity contribution is 5.97. The number of carbonyl (C=O) groups is 3. The van der Waals surface area contributed by atoms with Crippen LogP contribution in [-0.2, 0) is 4.79 Å². The van der Waals surface area contributed by atoms with Crippen molar-refractivity contribution in [1.29, 1.82) is 0 Å². The Bertz CT molecular complexity index is 697. The molecule has 1 aromatic rings. The van der Waals surface area contributed by atoms with Gasteiger partial charge in [-0.1, -0.05) is 25.3 Å². The number of nitrogens with one attached hydrogen (secondary N) is 4. The zero-order valence-electron chi connectivity index (χ0n) is 16.3. The molecule has 1 aromatic carbocycles. The molecule has 7 nitrogen and oxygen atoms in total. The largest absolute Gasteiger partial charge is 0.349 e. The Kier molecular flexibility index (Phi) is 7.28. The average molecular weight is 386 g/mol. The van der Waals surface area contributed by atoms with Gasteiger partial charge in [0.25, 0.3) is 5.91 Å². The van der Waals surface area contributed by atoms with E-state index >= 15 is 0 Å². The van der Waals surface area contributed by atoms with Gasteiger partial charge < -0.3 is 21.3 Å². The minimum Gasteiger partial charge on any atom is -0.349 e. The quantitative estimate of drug-likeness (QED) is 0.517. The predicted octanol–water partition coefficient (Wildman–Crippen LogP) is 2.93. The summed E-state index contributed by atoms with van der Waals surface area (Å²) in [6, 6.07) is 7.38. The minimum atomic E-state index is -0.151. The predicted molar refractivity (Wildman–Crippen MR) is 108 cm³/mol. The molecule has 2 aliphatic carbocycles. The normalized spacial score (nSPS) is 16.9. The lowest BCUT2D eigenvalue weighted by Crippen LogP contribution is -2.43. The lowest BCUT2D eigenvalue weighted by Gasteiger charge is -2.22. The van der Waals surface area contributed by atoms with Crippen LogP contribution in [0.4, 0.5) is 10.5 Å². The molecule has 0 spiro atoms. The Morgan fingerprint density at radius 1 is 0.929 bits per heavy atom. The van der Waals surface area contributed by atoms with Crippen LogP contribution in [0.2, 0.25) is 0 Å². The van der Waals surface area contributed by atoms with Crippen LogP contribution in [0.3, 0.4) is 0 Å². The molecule has 2 fully saturated rings. The van der Waals surface area contributed by atoms with E-state index in [4.69, 9.17) is 0 Å². The van der Waals surface area contributed by atoms with E-state index in [-0.39, 0.29) is 23.9 Å². The Morgan fingerprint density at radius 2 is 1.68 bits per heavy atom. The number of benzene rings is 1. The molecule has 0 bridgehead atoms. The van der Waals surface area contributed by atoms with Crippen molar-refractivity contribution >= 4 is 23.5 Å². The van der Waals surface area contributed by atoms with E-state index < -0.39 is 0 Å². The van der Waals surface area contributed by atoms with Gasteiger partial charge in [0.05, 0.1) is 0 Å². The molecule has 2 saturated carbocycles. The summed E-state index contributed by atoms with van der Waals surface area (Å²) in [7, 11) is 0. The summed E-state index contributed by atoms with van der Waals surface area (Å²) in [5.74, 6) is -0.235. The van der Waals surface area contributed by atoms with Crippen LogP contribution in [0.25, 0.3) is 0 Å². The molecular weight excluding hydrogens is 356 g/mol. The van der Waals surface area contributed by atoms with Crippen molar-refractivity contribution in [2.24, 2.45) is 0 Å². The van der Waals surface area contributed by atoms with Crippen LogP contribution < -0.4 is 21.3 Å². The van der Waals surface area contributed by atoms with Gasteiger partial charge >= 0.3 is 6.03 Å². The maximum atomic E-state index is 12.1. The summed E-state index contributed by atoms with van der Waals surface area (Å²) < 4.78 is 0. The van der Waals surface area contributed by atoms with Crippen molar-refractivity contribution in [2.75, 3.05) is 11.9 Å². The van der Waals surface area contributed by atoms with Crippen molar-refractivity contribution in [3.63, 3.8) is 0 Å². The molecule has 2 aliphatic rings. The van der Waals surface area contributed by atoms with Crippen molar-refractivity contribution in [2.45, 2.75) is 69.9 Å². The number of carbonyl (C=O) groups excluding carboxylic acids is 3. The first-order chi connectivity index (χ1) is 13.6. The second-order valence-electron chi connectivity index (χ2n) is 7.72. The van der Waals surface area contributed by atoms with Crippen LogP contribution in [-0.4, -0.2) is 36.5 Å². The van der Waals surface area contributed by atoms with Gasteiger partial charge in [0, 0.05) is 36.3 Å². The maximum absolute atomic E-state index is 12.1. The van der Waals surface area contributed by atoms with Gasteiger partial charge in [-0.2, -0.15) is 0 Å². The van der Waals surface area contributed by atoms with E-state index in [2.05, 4.69) is 21.3 Å². The molecule has 0 saturated heterocycles. The number of hydrogen-bond acceptors (Lipinski definition) is 3. The molecule has 4 N–H and O–H groups in total. The minimum absolute atomic E-state index is 0.105. The first kappa shape index (κ1) is 20.2. The summed E-state index contributed by atoms with van der Waals surface area (Å²) in [4.78, 5) is 36.1. The van der Waals surface area contributed by atoms with Gasteiger partial charge in [-0.25, -0.2) is 4.79 Å². The fraction of sp³-hybridized carbons (Fsp3) is 0.571. The second-order valence-corrected chi connectivity index (χ2v) is 7.72. The molecule has 4 amide bonds. The van der Waals surface area contributed by atoms with Crippen LogP contribution in [0.1, 0.15) is 68.1 Å². The fourth-order valence-electron chi connectivity index (χ4n) is 3.39. The highest BCUT2D eigenvalue weighted by Gasteiger charge is 2.23. The molecule has 3 rings (SSSR count). The van der Waals surface area contributed by atoms with Crippen molar-refractivity contribution in [1.82, 2.24) is 16.0 Å². The zero-order valence-corrected chi connectivity index (χ0v) is 16.3. The van der Waals surface area contributed by atoms with Gasteiger partial charge in [0.15, 0.2) is 0 Å². The molecule has 28 heavy (non-hydrogen) atoms. The lowest BCUT2D eigenvalue weighted by molar-refractivity contribution is -0.116. The molecule has 0 heterocycles. The van der Waals surface area contributed by atoms with Gasteiger partial charge in [0.1, 0.15) is 0 Å². The molecular formula is C21H30N4O3. The molecule has 0 aliphatic heterocycles. The van der Waals surface area contributed by atoms with E-state index in [1.807, 2.05) is 0 Å². The maximum Gasteiger partial charge on any atom is 0.315 e. The third-order valence-corrected chi connectivity index (χ3v) is 5.13. The van der Waals surface area contributed by atoms with Crippen molar-refractivity contribution in [3.8, 4) is 0 Å². The number of urea groups is 1. The smallest absolute Gasteiger partial charge is 0.315 e. The fourth-order valence-corrected chi connectivity index (χ4v) is 3.39. The number of amides is 4. The third-order valence-electron chi connectivity index (χ3n) is 5.13. The van der Waals surface area contributed by atoms with Gasteiger partial charge in [-0.3, -0.25) is 9.59 Å². The Balaban J connectivity index is 1.32. The van der Waals surface area contributed by atoms with Crippen LogP contribution in [0.5, 0.6) is 0 Å². The molecule has 0 atom stereocenters. The van der Waals surface area contributed by atoms with Gasteiger partial charge in [-0.15, -0.1) is 0 Å². The monoisotopic (exact) mass is 386 g/mol. The van der Waals surface area contributed by atoms with Crippen LogP contribution in [0, 0.1) is 0 Å². The Labute approximate surface area is 166 Å². The average Bonchev–Trinajstić information content (AvgIpc) is 3.50. The number of hydrogen-bond donors (Lipinski definition) is 4. The molecule has 7 heteroatoms. The molecule has 0 radical (unpaired) electrons. The molecule has 0 aromatic heterocycles. The first-order valence-corrected chi connectivity index (χ1v) is 10.4. The first-order valence-electron chi connectivity index (χ1n) is 10.4. The number of anilines is 1. The highest BCUT2D eigenvalue weighted by atomic mass is 16.2. The summed E-state index contributed by atoms with van der Waals surface area (Å²) >= 11 is 0. The van der Waals surface area contributed by atoms with E-state index in [0.29, 0.717) is 36.7 Å². The third kappa shape index (κ3) is 6.87. The van der Waals surface area contributed by atoms with Crippen LogP contribution in [0.15, 0.2) is 24.3 Å². The van der Waals surface area contributed by atoms with Crippen LogP contribution >= 0.6 is 0 Å². The van der Waals surface area contributed by atoms with E-state index in [1.165, 1.54) is 19.3 Å². The topological polar surface area (TPSA) is 99.3 Å². The van der Waals surface area contributed by atoms with Gasteiger partial charge in [0.2, 0.25) is 5.91 Å². The molecule has 0 unspecified atom stereocenters. The van der Waals surface area contributed by atoms with E-state index in [1.54, 1.807) is 24.3 Å². The zero-order chi connectivity index (χ0) is 19.8. The SMILES string of the molecule is O=C(CCCNC(=O)NC1CCCCC1)Nc1cccc(C(=O)NC2CC2)c1.